The molecule has 4 heterocycles. The van der Waals surface area contributed by atoms with E-state index >= 15 is 0 Å². The van der Waals surface area contributed by atoms with E-state index in [9.17, 15) is 10.1 Å². The van der Waals surface area contributed by atoms with Gasteiger partial charge in [0.05, 0.1) is 35.8 Å². The maximum Gasteiger partial charge on any atom is 0.235 e. The number of ether oxygens (including phenoxy) is 1. The molecule has 1 atom stereocenters. The summed E-state index contributed by atoms with van der Waals surface area (Å²) in [4.78, 5) is 12.9. The molecule has 1 saturated heterocycles. The first-order valence-electron chi connectivity index (χ1n) is 11.2. The highest BCUT2D eigenvalue weighted by Crippen LogP contribution is 2.30. The largest absolute Gasteiger partial charge is 0.469 e. The molecule has 10 heteroatoms. The fourth-order valence-corrected chi connectivity index (χ4v) is 4.90. The lowest BCUT2D eigenvalue weighted by molar-refractivity contribution is -0.113. The van der Waals surface area contributed by atoms with Crippen molar-refractivity contribution in [3.05, 3.63) is 47.6 Å². The van der Waals surface area contributed by atoms with Crippen LogP contribution in [0.15, 0.2) is 34.6 Å². The minimum atomic E-state index is -0.221. The van der Waals surface area contributed by atoms with Gasteiger partial charge in [-0.3, -0.25) is 9.36 Å². The third-order valence-corrected chi connectivity index (χ3v) is 7.04. The molecule has 0 unspecified atom stereocenters. The Labute approximate surface area is 202 Å². The summed E-state index contributed by atoms with van der Waals surface area (Å²) in [5, 5.41) is 21.9. The highest BCUT2D eigenvalue weighted by atomic mass is 32.2. The number of aromatic nitrogens is 4. The average Bonchev–Trinajstić information content (AvgIpc) is 3.60. The topological polar surface area (TPSA) is 111 Å². The molecule has 1 fully saturated rings. The van der Waals surface area contributed by atoms with Crippen molar-refractivity contribution in [2.24, 2.45) is 0 Å². The van der Waals surface area contributed by atoms with E-state index in [1.54, 1.807) is 12.3 Å². The van der Waals surface area contributed by atoms with E-state index in [1.165, 1.54) is 11.8 Å². The lowest BCUT2D eigenvalue weighted by atomic mass is 10.2. The van der Waals surface area contributed by atoms with Gasteiger partial charge in [-0.1, -0.05) is 17.8 Å². The van der Waals surface area contributed by atoms with Gasteiger partial charge in [0, 0.05) is 18.8 Å². The number of amides is 1. The first kappa shape index (κ1) is 23.9. The summed E-state index contributed by atoms with van der Waals surface area (Å²) in [5.74, 6) is 1.84. The molecule has 9 nitrogen and oxygen atoms in total. The van der Waals surface area contributed by atoms with Crippen LogP contribution < -0.4 is 5.32 Å². The smallest absolute Gasteiger partial charge is 0.235 e. The van der Waals surface area contributed by atoms with Crippen LogP contribution in [0, 0.1) is 32.1 Å². The van der Waals surface area contributed by atoms with Crippen LogP contribution in [0.3, 0.4) is 0 Å². The fourth-order valence-electron chi connectivity index (χ4n) is 4.15. The van der Waals surface area contributed by atoms with Crippen molar-refractivity contribution in [3.63, 3.8) is 0 Å². The lowest BCUT2D eigenvalue weighted by Gasteiger charge is -2.16. The average molecular weight is 481 g/mol. The fraction of sp³-hybridized carbons (Fsp3) is 0.417. The molecule has 1 N–H and O–H groups in total. The zero-order valence-electron chi connectivity index (χ0n) is 19.6. The number of furan rings is 1. The number of allylic oxidation sites excluding steroid dienone is 1. The zero-order chi connectivity index (χ0) is 24.2. The molecule has 1 aliphatic heterocycles. The van der Waals surface area contributed by atoms with Crippen LogP contribution in [0.25, 0.3) is 11.4 Å². The van der Waals surface area contributed by atoms with Gasteiger partial charge in [-0.25, -0.2) is 0 Å². The second-order valence-electron chi connectivity index (χ2n) is 8.22. The number of rotatable bonds is 9. The van der Waals surface area contributed by atoms with Gasteiger partial charge in [-0.2, -0.15) is 5.26 Å². The number of carbonyl (C=O) groups excluding carboxylic acids is 1. The Morgan fingerprint density at radius 1 is 1.38 bits per heavy atom. The molecule has 34 heavy (non-hydrogen) atoms. The van der Waals surface area contributed by atoms with E-state index in [0.717, 1.165) is 42.0 Å². The Balaban J connectivity index is 1.51. The summed E-state index contributed by atoms with van der Waals surface area (Å²) in [6, 6.07) is 4.09. The summed E-state index contributed by atoms with van der Waals surface area (Å²) < 4.78 is 15.1. The third-order valence-electron chi connectivity index (χ3n) is 6.07. The van der Waals surface area contributed by atoms with Crippen LogP contribution in [0.2, 0.25) is 0 Å². The number of carbonyl (C=O) groups is 1. The van der Waals surface area contributed by atoms with Gasteiger partial charge >= 0.3 is 0 Å². The van der Waals surface area contributed by atoms with Crippen LogP contribution >= 0.6 is 11.8 Å². The molecule has 178 valence electrons. The second-order valence-corrected chi connectivity index (χ2v) is 9.17. The van der Waals surface area contributed by atoms with E-state index in [2.05, 4.69) is 28.2 Å². The van der Waals surface area contributed by atoms with Crippen LogP contribution in [0.1, 0.15) is 35.4 Å². The van der Waals surface area contributed by atoms with E-state index in [0.29, 0.717) is 35.5 Å². The van der Waals surface area contributed by atoms with Crippen molar-refractivity contribution in [2.75, 3.05) is 17.7 Å². The highest BCUT2D eigenvalue weighted by Gasteiger charge is 2.24. The number of nitrogens with zero attached hydrogens (tertiary/aromatic N) is 5. The van der Waals surface area contributed by atoms with Crippen molar-refractivity contribution in [3.8, 4) is 17.5 Å². The molecule has 0 spiro atoms. The summed E-state index contributed by atoms with van der Waals surface area (Å²) >= 11 is 1.28. The van der Waals surface area contributed by atoms with Gasteiger partial charge < -0.3 is 19.0 Å². The second kappa shape index (κ2) is 10.3. The SMILES string of the molecule is C=CCn1c(SCC(=O)Nc2c(C#N)c(C)c(C)n2C[C@H]2CCCO2)nnc1-c1ccoc1C. The van der Waals surface area contributed by atoms with Gasteiger partial charge in [-0.05, 0) is 45.2 Å². The minimum Gasteiger partial charge on any atom is -0.469 e. The van der Waals surface area contributed by atoms with Crippen molar-refractivity contribution in [1.82, 2.24) is 19.3 Å². The Hall–Kier alpha value is -3.29. The number of hydrogen-bond donors (Lipinski definition) is 1. The number of aryl methyl sites for hydroxylation is 1. The van der Waals surface area contributed by atoms with Gasteiger partial charge in [0.15, 0.2) is 11.0 Å². The molecule has 0 aromatic carbocycles. The molecule has 3 aromatic rings. The number of hydrogen-bond acceptors (Lipinski definition) is 7. The van der Waals surface area contributed by atoms with Crippen LogP contribution in [0.4, 0.5) is 5.82 Å². The van der Waals surface area contributed by atoms with Crippen molar-refractivity contribution in [1.29, 1.82) is 5.26 Å². The number of nitrogens with one attached hydrogen (secondary N) is 1. The summed E-state index contributed by atoms with van der Waals surface area (Å²) in [6.45, 7) is 11.4. The molecule has 1 amide bonds. The monoisotopic (exact) mass is 480 g/mol. The highest BCUT2D eigenvalue weighted by molar-refractivity contribution is 7.99. The Kier molecular flexibility index (Phi) is 7.24. The Bertz CT molecular complexity index is 1240. The van der Waals surface area contributed by atoms with E-state index < -0.39 is 0 Å². The predicted molar refractivity (Wildman–Crippen MR) is 130 cm³/mol. The minimum absolute atomic E-state index is 0.0873. The first-order valence-corrected chi connectivity index (χ1v) is 12.2. The molecule has 0 radical (unpaired) electrons. The molecule has 3 aromatic heterocycles. The quantitative estimate of drug-likeness (QED) is 0.360. The Morgan fingerprint density at radius 2 is 2.21 bits per heavy atom. The first-order chi connectivity index (χ1) is 16.4. The summed E-state index contributed by atoms with van der Waals surface area (Å²) in [5.41, 5.74) is 3.17. The summed E-state index contributed by atoms with van der Waals surface area (Å²) in [7, 11) is 0. The van der Waals surface area contributed by atoms with Gasteiger partial charge in [0.25, 0.3) is 0 Å². The zero-order valence-corrected chi connectivity index (χ0v) is 20.4. The lowest BCUT2D eigenvalue weighted by Crippen LogP contribution is -2.22. The molecule has 0 aliphatic carbocycles. The molecule has 0 bridgehead atoms. The number of anilines is 1. The molecule has 0 saturated carbocycles. The third kappa shape index (κ3) is 4.67. The van der Waals surface area contributed by atoms with Gasteiger partial charge in [-0.15, -0.1) is 16.8 Å². The number of nitriles is 1. The standard InChI is InChI=1S/C24H28N6O3S/c1-5-9-29-23(19-8-11-32-17(19)4)27-28-24(29)34-14-21(31)26-22-20(12-25)15(2)16(3)30(22)13-18-7-6-10-33-18/h5,8,11,18H,1,6-7,9-10,13-14H2,2-4H3,(H,26,31)/t18-/m1/s1. The van der Waals surface area contributed by atoms with Crippen molar-refractivity contribution >= 4 is 23.5 Å². The Morgan fingerprint density at radius 3 is 2.85 bits per heavy atom. The van der Waals surface area contributed by atoms with Crippen LogP contribution in [-0.4, -0.2) is 43.7 Å². The summed E-state index contributed by atoms with van der Waals surface area (Å²) in [6.07, 6.45) is 5.46. The van der Waals surface area contributed by atoms with Crippen LogP contribution in [-0.2, 0) is 22.6 Å². The predicted octanol–water partition coefficient (Wildman–Crippen LogP) is 4.23. The van der Waals surface area contributed by atoms with Crippen LogP contribution in [0.5, 0.6) is 0 Å². The van der Waals surface area contributed by atoms with Gasteiger partial charge in [0.2, 0.25) is 5.91 Å². The maximum atomic E-state index is 12.9. The normalized spacial score (nSPS) is 15.4. The molecule has 1 aliphatic rings. The van der Waals surface area contributed by atoms with Crippen molar-refractivity contribution in [2.45, 2.75) is 58.0 Å². The van der Waals surface area contributed by atoms with Gasteiger partial charge in [0.1, 0.15) is 17.6 Å². The van der Waals surface area contributed by atoms with Crippen molar-refractivity contribution < 1.29 is 13.9 Å². The maximum absolute atomic E-state index is 12.9. The molecule has 4 rings (SSSR count). The number of thioether (sulfide) groups is 1. The van der Waals surface area contributed by atoms with E-state index in [4.69, 9.17) is 9.15 Å². The molecular weight excluding hydrogens is 452 g/mol. The van der Waals surface area contributed by atoms with E-state index in [-0.39, 0.29) is 17.8 Å². The van der Waals surface area contributed by atoms with E-state index in [1.807, 2.05) is 36.0 Å². The molecular formula is C24H28N6O3S.